The number of benzene rings is 1. The minimum absolute atomic E-state index is 0.0243. The number of phenolic OH excluding ortho intramolecular Hbond substituents is 1. The predicted octanol–water partition coefficient (Wildman–Crippen LogP) is 2.36. The highest BCUT2D eigenvalue weighted by atomic mass is 16.5. The van der Waals surface area contributed by atoms with Crippen LogP contribution in [0.15, 0.2) is 36.4 Å². The molecule has 1 aromatic carbocycles. The third-order valence-electron chi connectivity index (χ3n) is 2.57. The van der Waals surface area contributed by atoms with Crippen molar-refractivity contribution in [1.29, 1.82) is 0 Å². The highest BCUT2D eigenvalue weighted by Crippen LogP contribution is 2.24. The van der Waals surface area contributed by atoms with Crippen molar-refractivity contribution in [2.24, 2.45) is 0 Å². The molecule has 2 N–H and O–H groups in total. The number of pyridine rings is 1. The third-order valence-corrected chi connectivity index (χ3v) is 2.57. The molecule has 0 unspecified atom stereocenters. The maximum Gasteiger partial charge on any atom is 0.274 e. The average Bonchev–Trinajstić information content (AvgIpc) is 2.42. The van der Waals surface area contributed by atoms with Gasteiger partial charge in [0.15, 0.2) is 0 Å². The zero-order chi connectivity index (χ0) is 13.8. The van der Waals surface area contributed by atoms with Gasteiger partial charge in [-0.05, 0) is 30.7 Å². The van der Waals surface area contributed by atoms with Gasteiger partial charge in [0, 0.05) is 6.07 Å². The summed E-state index contributed by atoms with van der Waals surface area (Å²) in [4.78, 5) is 16.0. The van der Waals surface area contributed by atoms with Crippen LogP contribution < -0.4 is 10.1 Å². The van der Waals surface area contributed by atoms with Gasteiger partial charge in [0.1, 0.15) is 11.4 Å². The number of nitrogens with zero attached hydrogens (tertiary/aromatic N) is 1. The van der Waals surface area contributed by atoms with Crippen LogP contribution in [0.1, 0.15) is 16.1 Å². The second-order valence-corrected chi connectivity index (χ2v) is 4.04. The zero-order valence-electron chi connectivity index (χ0n) is 10.7. The number of aromatic nitrogens is 1. The Morgan fingerprint density at radius 3 is 2.79 bits per heavy atom. The Kier molecular flexibility index (Phi) is 3.66. The summed E-state index contributed by atoms with van der Waals surface area (Å²) >= 11 is 0. The van der Waals surface area contributed by atoms with E-state index in [0.29, 0.717) is 11.6 Å². The number of carbonyl (C=O) groups excluding carboxylic acids is 1. The molecular weight excluding hydrogens is 244 g/mol. The summed E-state index contributed by atoms with van der Waals surface area (Å²) in [5.41, 5.74) is 1.48. The highest BCUT2D eigenvalue weighted by Gasteiger charge is 2.11. The van der Waals surface area contributed by atoms with E-state index in [0.717, 1.165) is 5.56 Å². The average molecular weight is 258 g/mol. The van der Waals surface area contributed by atoms with E-state index in [4.69, 9.17) is 4.74 Å². The topological polar surface area (TPSA) is 71.5 Å². The van der Waals surface area contributed by atoms with Gasteiger partial charge in [-0.2, -0.15) is 0 Å². The number of anilines is 1. The first-order valence-electron chi connectivity index (χ1n) is 5.72. The van der Waals surface area contributed by atoms with Crippen molar-refractivity contribution >= 4 is 11.6 Å². The number of nitrogens with one attached hydrogen (secondary N) is 1. The molecule has 0 spiro atoms. The molecule has 19 heavy (non-hydrogen) atoms. The number of methoxy groups -OCH3 is 1. The van der Waals surface area contributed by atoms with E-state index in [1.54, 1.807) is 36.4 Å². The van der Waals surface area contributed by atoms with Crippen LogP contribution in [0.5, 0.6) is 11.6 Å². The molecule has 2 rings (SSSR count). The summed E-state index contributed by atoms with van der Waals surface area (Å²) in [5, 5.41) is 12.3. The fourth-order valence-corrected chi connectivity index (χ4v) is 1.59. The maximum atomic E-state index is 12.0. The van der Waals surface area contributed by atoms with Gasteiger partial charge in [-0.15, -0.1) is 0 Å². The summed E-state index contributed by atoms with van der Waals surface area (Å²) in [7, 11) is 1.48. The van der Waals surface area contributed by atoms with Crippen LogP contribution in [-0.2, 0) is 0 Å². The van der Waals surface area contributed by atoms with Gasteiger partial charge < -0.3 is 15.2 Å². The molecule has 2 aromatic rings. The number of hydrogen-bond acceptors (Lipinski definition) is 4. The molecule has 1 aromatic heterocycles. The minimum Gasteiger partial charge on any atom is -0.506 e. The van der Waals surface area contributed by atoms with E-state index in [1.165, 1.54) is 7.11 Å². The second-order valence-electron chi connectivity index (χ2n) is 4.04. The standard InChI is InChI=1S/C14H14N2O3/c1-9-6-7-10(12(17)8-9)16-14(18)11-4-3-5-13(15-11)19-2/h3-8,17H,1-2H3,(H,16,18). The molecule has 98 valence electrons. The van der Waals surface area contributed by atoms with Crippen molar-refractivity contribution < 1.29 is 14.6 Å². The molecule has 0 atom stereocenters. The highest BCUT2D eigenvalue weighted by molar-refractivity contribution is 6.03. The molecule has 0 aliphatic rings. The van der Waals surface area contributed by atoms with Crippen molar-refractivity contribution in [2.75, 3.05) is 12.4 Å². The predicted molar refractivity (Wildman–Crippen MR) is 71.6 cm³/mol. The van der Waals surface area contributed by atoms with E-state index in [1.807, 2.05) is 6.92 Å². The van der Waals surface area contributed by atoms with Gasteiger partial charge in [0.2, 0.25) is 5.88 Å². The fourth-order valence-electron chi connectivity index (χ4n) is 1.59. The summed E-state index contributed by atoms with van der Waals surface area (Å²) in [5.74, 6) is -0.0184. The minimum atomic E-state index is -0.405. The molecule has 5 heteroatoms. The van der Waals surface area contributed by atoms with Crippen LogP contribution in [0.25, 0.3) is 0 Å². The molecule has 1 heterocycles. The van der Waals surface area contributed by atoms with Gasteiger partial charge in [0.05, 0.1) is 12.8 Å². The number of amides is 1. The van der Waals surface area contributed by atoms with Gasteiger partial charge in [-0.1, -0.05) is 12.1 Å². The molecule has 0 saturated heterocycles. The Hall–Kier alpha value is -2.56. The number of aryl methyl sites for hydroxylation is 1. The zero-order valence-corrected chi connectivity index (χ0v) is 10.7. The summed E-state index contributed by atoms with van der Waals surface area (Å²) < 4.78 is 4.95. The van der Waals surface area contributed by atoms with Gasteiger partial charge in [-0.3, -0.25) is 4.79 Å². The van der Waals surface area contributed by atoms with Crippen molar-refractivity contribution in [3.8, 4) is 11.6 Å². The Labute approximate surface area is 110 Å². The molecule has 0 radical (unpaired) electrons. The Morgan fingerprint density at radius 1 is 1.32 bits per heavy atom. The van der Waals surface area contributed by atoms with E-state index in [9.17, 15) is 9.90 Å². The number of phenols is 1. The van der Waals surface area contributed by atoms with Crippen LogP contribution in [0.2, 0.25) is 0 Å². The quantitative estimate of drug-likeness (QED) is 0.829. The number of hydrogen-bond donors (Lipinski definition) is 2. The molecule has 0 aliphatic heterocycles. The SMILES string of the molecule is COc1cccc(C(=O)Nc2ccc(C)cc2O)n1. The second kappa shape index (κ2) is 5.39. The van der Waals surface area contributed by atoms with Gasteiger partial charge >= 0.3 is 0 Å². The van der Waals surface area contributed by atoms with Crippen molar-refractivity contribution in [3.63, 3.8) is 0 Å². The molecular formula is C14H14N2O3. The number of rotatable bonds is 3. The van der Waals surface area contributed by atoms with E-state index in [-0.39, 0.29) is 11.4 Å². The van der Waals surface area contributed by atoms with Crippen LogP contribution in [-0.4, -0.2) is 23.1 Å². The number of carbonyl (C=O) groups is 1. The number of ether oxygens (including phenoxy) is 1. The summed E-state index contributed by atoms with van der Waals surface area (Å²) in [6, 6.07) is 9.92. The third kappa shape index (κ3) is 3.01. The van der Waals surface area contributed by atoms with Crippen molar-refractivity contribution in [1.82, 2.24) is 4.98 Å². The first-order valence-corrected chi connectivity index (χ1v) is 5.72. The molecule has 1 amide bonds. The molecule has 0 fully saturated rings. The van der Waals surface area contributed by atoms with Crippen LogP contribution in [0.3, 0.4) is 0 Å². The van der Waals surface area contributed by atoms with E-state index < -0.39 is 5.91 Å². The van der Waals surface area contributed by atoms with E-state index >= 15 is 0 Å². The van der Waals surface area contributed by atoms with Crippen molar-refractivity contribution in [2.45, 2.75) is 6.92 Å². The Bertz CT molecular complexity index is 611. The normalized spacial score (nSPS) is 10.0. The lowest BCUT2D eigenvalue weighted by atomic mass is 10.2. The van der Waals surface area contributed by atoms with Crippen LogP contribution in [0, 0.1) is 6.92 Å². The van der Waals surface area contributed by atoms with Crippen LogP contribution in [0.4, 0.5) is 5.69 Å². The monoisotopic (exact) mass is 258 g/mol. The lowest BCUT2D eigenvalue weighted by molar-refractivity contribution is 0.102. The number of aromatic hydroxyl groups is 1. The molecule has 0 bridgehead atoms. The Morgan fingerprint density at radius 2 is 2.11 bits per heavy atom. The molecule has 0 saturated carbocycles. The van der Waals surface area contributed by atoms with Gasteiger partial charge in [0.25, 0.3) is 5.91 Å². The summed E-state index contributed by atoms with van der Waals surface area (Å²) in [6.45, 7) is 1.86. The molecule has 0 aliphatic carbocycles. The Balaban J connectivity index is 2.20. The first-order chi connectivity index (χ1) is 9.10. The largest absolute Gasteiger partial charge is 0.506 e. The maximum absolute atomic E-state index is 12.0. The summed E-state index contributed by atoms with van der Waals surface area (Å²) in [6.07, 6.45) is 0. The first kappa shape index (κ1) is 12.9. The fraction of sp³-hybridized carbons (Fsp3) is 0.143. The lowest BCUT2D eigenvalue weighted by Gasteiger charge is -2.08. The van der Waals surface area contributed by atoms with Crippen LogP contribution >= 0.6 is 0 Å². The lowest BCUT2D eigenvalue weighted by Crippen LogP contribution is -2.14. The van der Waals surface area contributed by atoms with Crippen molar-refractivity contribution in [3.05, 3.63) is 47.7 Å². The van der Waals surface area contributed by atoms with Gasteiger partial charge in [-0.25, -0.2) is 4.98 Å². The smallest absolute Gasteiger partial charge is 0.274 e. The molecule has 5 nitrogen and oxygen atoms in total. The van der Waals surface area contributed by atoms with E-state index in [2.05, 4.69) is 10.3 Å².